The van der Waals surface area contributed by atoms with E-state index in [1.54, 1.807) is 36.1 Å². The number of amides is 12. The minimum absolute atomic E-state index is 0.00673. The molecule has 0 aromatic heterocycles. The maximum absolute atomic E-state index is 15.3. The van der Waals surface area contributed by atoms with Crippen LogP contribution in [0, 0.1) is 29.5 Å². The van der Waals surface area contributed by atoms with Crippen molar-refractivity contribution < 1.29 is 79.8 Å². The number of halogens is 5. The van der Waals surface area contributed by atoms with Gasteiger partial charge in [0.05, 0.1) is 44.3 Å². The highest BCUT2D eigenvalue weighted by Gasteiger charge is 2.45. The molecule has 30 heteroatoms. The molecule has 12 amide bonds. The van der Waals surface area contributed by atoms with Crippen molar-refractivity contribution in [3.8, 4) is 0 Å². The SMILES string of the molecule is CC[C@H](C)C1NC(=O)[C@H](CC(C)C)N(C)C(=O)C[C@@H](C(=O)N2CCCCC2)N(C)C(=O)[C@H](CC(C)C)N(C)C(=O)CCCCNC(=O)[C@@H]2C[C@H](OCc3cccc(Cl)c3)CN2C(=O)[C@H](CCc2ccc(C(F)(F)F)c(F)c2)NC(=O)CN(C)C(=O)[C@H](CC2CCCCC2)N(C)C(=O)CN(C)C(=O)CN(C)C1=O. The lowest BCUT2D eigenvalue weighted by Gasteiger charge is -2.38. The summed E-state index contributed by atoms with van der Waals surface area (Å²) < 4.78 is 62.7. The number of alkyl halides is 3. The van der Waals surface area contributed by atoms with Gasteiger partial charge in [0, 0.05) is 93.4 Å². The van der Waals surface area contributed by atoms with Crippen molar-refractivity contribution in [1.29, 1.82) is 0 Å². The Bertz CT molecular complexity index is 3430. The van der Waals surface area contributed by atoms with E-state index in [0.29, 0.717) is 55.1 Å². The van der Waals surface area contributed by atoms with Crippen LogP contribution in [0.5, 0.6) is 0 Å². The Kier molecular flexibility index (Phi) is 33.7. The van der Waals surface area contributed by atoms with Gasteiger partial charge in [0.25, 0.3) is 0 Å². The highest BCUT2D eigenvalue weighted by atomic mass is 35.5. The van der Waals surface area contributed by atoms with Gasteiger partial charge in [0.15, 0.2) is 0 Å². The zero-order chi connectivity index (χ0) is 79.3. The zero-order valence-corrected chi connectivity index (χ0v) is 65.5. The van der Waals surface area contributed by atoms with Gasteiger partial charge in [-0.15, -0.1) is 0 Å². The molecule has 3 saturated heterocycles. The molecule has 1 saturated carbocycles. The lowest BCUT2D eigenvalue weighted by molar-refractivity contribution is -0.153. The number of rotatable bonds is 15. The van der Waals surface area contributed by atoms with E-state index in [1.165, 1.54) is 73.8 Å². The molecule has 1 unspecified atom stereocenters. The van der Waals surface area contributed by atoms with Crippen LogP contribution in [0.3, 0.4) is 0 Å². The molecular weight excluding hydrogens is 1410 g/mol. The summed E-state index contributed by atoms with van der Waals surface area (Å²) in [5.74, 6) is -10.2. The molecule has 3 aliphatic heterocycles. The number of fused-ring (bicyclic) bond motifs is 1. The Morgan fingerprint density at radius 3 is 1.87 bits per heavy atom. The van der Waals surface area contributed by atoms with E-state index in [1.807, 2.05) is 34.6 Å². The first-order valence-corrected chi connectivity index (χ1v) is 38.3. The van der Waals surface area contributed by atoms with Gasteiger partial charge in [-0.2, -0.15) is 13.2 Å². The number of likely N-dealkylation sites (N-methyl/N-ethyl adjacent to an activating group) is 7. The van der Waals surface area contributed by atoms with E-state index >= 15 is 14.0 Å². The molecule has 3 heterocycles. The molecule has 6 rings (SSSR count). The number of nitrogens with zero attached hydrogens (tertiary/aromatic N) is 9. The average Bonchev–Trinajstić information content (AvgIpc) is 1.82. The van der Waals surface area contributed by atoms with E-state index in [0.717, 1.165) is 59.3 Å². The van der Waals surface area contributed by atoms with Gasteiger partial charge in [-0.3, -0.25) is 57.5 Å². The molecule has 0 bridgehead atoms. The predicted octanol–water partition coefficient (Wildman–Crippen LogP) is 7.08. The molecule has 4 aliphatic rings. The first-order chi connectivity index (χ1) is 50.4. The summed E-state index contributed by atoms with van der Waals surface area (Å²) in [6.45, 7) is 9.80. The van der Waals surface area contributed by atoms with E-state index < -0.39 is 169 Å². The number of piperidine rings is 1. The number of carbonyl (C=O) groups excluding carboxylic acids is 12. The second-order valence-corrected chi connectivity index (χ2v) is 31.1. The van der Waals surface area contributed by atoms with Crippen molar-refractivity contribution in [2.24, 2.45) is 23.7 Å². The van der Waals surface area contributed by atoms with Gasteiger partial charge in [0.1, 0.15) is 48.1 Å². The van der Waals surface area contributed by atoms with E-state index in [4.69, 9.17) is 16.3 Å². The number of hydrogen-bond donors (Lipinski definition) is 3. The number of likely N-dealkylation sites (tertiary alicyclic amines) is 1. The third kappa shape index (κ3) is 25.3. The van der Waals surface area contributed by atoms with Crippen molar-refractivity contribution in [2.45, 2.75) is 225 Å². The summed E-state index contributed by atoms with van der Waals surface area (Å²) in [5.41, 5.74) is -0.796. The molecular formula is C77H115ClF4N12O13. The number of nitrogens with one attached hydrogen (secondary N) is 3. The second kappa shape index (κ2) is 41.0. The number of ether oxygens (including phenoxy) is 1. The van der Waals surface area contributed by atoms with Crippen LogP contribution in [0.15, 0.2) is 42.5 Å². The summed E-state index contributed by atoms with van der Waals surface area (Å²) >= 11 is 6.30. The molecule has 1 aliphatic carbocycles. The summed E-state index contributed by atoms with van der Waals surface area (Å²) in [6, 6.07) is 0.303. The third-order valence-corrected chi connectivity index (χ3v) is 21.6. The number of hydrogen-bond acceptors (Lipinski definition) is 13. The van der Waals surface area contributed by atoms with Crippen LogP contribution in [0.2, 0.25) is 5.02 Å². The van der Waals surface area contributed by atoms with Gasteiger partial charge >= 0.3 is 6.18 Å². The van der Waals surface area contributed by atoms with Crippen LogP contribution in [0.4, 0.5) is 17.6 Å². The van der Waals surface area contributed by atoms with Gasteiger partial charge in [-0.1, -0.05) is 110 Å². The maximum atomic E-state index is 15.3. The molecule has 596 valence electrons. The molecule has 0 spiro atoms. The molecule has 107 heavy (non-hydrogen) atoms. The fourth-order valence-corrected chi connectivity index (χ4v) is 14.7. The number of aryl methyl sites for hydroxylation is 1. The predicted molar refractivity (Wildman–Crippen MR) is 394 cm³/mol. The van der Waals surface area contributed by atoms with Gasteiger partial charge in [0.2, 0.25) is 70.9 Å². The standard InChI is InChI=1S/C77H115ClF4N12O13/c1-14-50(6)69-76(106)88(9)45-67(98)86(7)46-68(99)91(12)62(40-51-24-17-15-18-25-51)73(103)87(8)44-64(95)84-58(32-30-52-29-31-56(57(79)39-52)77(80,81)82)72(102)94-43-55(107-47-53-26-23-27-54(78)38-53)41-60(94)70(100)83-33-20-19-28-65(96)90(11)61(37-49(4)5)74(104)92(13)63(75(105)93-34-21-16-22-35-93)42-66(97)89(10)59(36-48(2)3)71(101)85-69/h23,26-27,29,31,38-39,48-51,55,58-63,69H,14-22,24-25,28,30,32-37,40-47H2,1-13H3,(H,83,100)(H,84,95)(H,85,101)/t50-,55-,58-,59-,60-,61-,62-,63-,69?/m0/s1. The number of benzene rings is 2. The first kappa shape index (κ1) is 88.0. The van der Waals surface area contributed by atoms with Crippen LogP contribution < -0.4 is 16.0 Å². The normalized spacial score (nSPS) is 24.9. The quantitative estimate of drug-likeness (QED) is 0.151. The Morgan fingerprint density at radius 2 is 1.24 bits per heavy atom. The van der Waals surface area contributed by atoms with E-state index in [-0.39, 0.29) is 101 Å². The van der Waals surface area contributed by atoms with Crippen LogP contribution in [0.1, 0.15) is 174 Å². The van der Waals surface area contributed by atoms with Crippen molar-refractivity contribution in [3.63, 3.8) is 0 Å². The molecule has 0 radical (unpaired) electrons. The van der Waals surface area contributed by atoms with Crippen molar-refractivity contribution >= 4 is 82.5 Å². The smallest absolute Gasteiger partial charge is 0.372 e. The van der Waals surface area contributed by atoms with Crippen molar-refractivity contribution in [1.82, 2.24) is 60.0 Å². The average molecular weight is 1530 g/mol. The van der Waals surface area contributed by atoms with Crippen molar-refractivity contribution in [2.75, 3.05) is 95.1 Å². The summed E-state index contributed by atoms with van der Waals surface area (Å²) in [4.78, 5) is 188. The van der Waals surface area contributed by atoms with E-state index in [2.05, 4.69) is 16.0 Å². The van der Waals surface area contributed by atoms with Gasteiger partial charge in [-0.25, -0.2) is 4.39 Å². The molecule has 3 N–H and O–H groups in total. The maximum Gasteiger partial charge on any atom is 0.419 e. The van der Waals surface area contributed by atoms with Gasteiger partial charge in [-0.05, 0) is 123 Å². The molecule has 2 aromatic carbocycles. The lowest BCUT2D eigenvalue weighted by atomic mass is 9.84. The number of carbonyl (C=O) groups is 12. The summed E-state index contributed by atoms with van der Waals surface area (Å²) in [7, 11) is 9.83. The Balaban J connectivity index is 1.38. The Labute approximate surface area is 633 Å². The van der Waals surface area contributed by atoms with Crippen LogP contribution in [-0.4, -0.2) is 259 Å². The minimum atomic E-state index is -5.02. The van der Waals surface area contributed by atoms with Gasteiger partial charge < -0.3 is 64.8 Å². The Hall–Kier alpha value is -7.95. The zero-order valence-electron chi connectivity index (χ0n) is 64.8. The molecule has 9 atom stereocenters. The third-order valence-electron chi connectivity index (χ3n) is 21.4. The molecule has 2 aromatic rings. The monoisotopic (exact) mass is 1530 g/mol. The van der Waals surface area contributed by atoms with Crippen LogP contribution in [0.25, 0.3) is 0 Å². The molecule has 25 nitrogen and oxygen atoms in total. The topological polar surface area (TPSA) is 279 Å². The van der Waals surface area contributed by atoms with Crippen LogP contribution >= 0.6 is 11.6 Å². The summed E-state index contributed by atoms with van der Waals surface area (Å²) in [5, 5.41) is 8.90. The van der Waals surface area contributed by atoms with Crippen LogP contribution in [-0.2, 0) is 81.5 Å². The fraction of sp³-hybridized carbons (Fsp3) is 0.688. The largest absolute Gasteiger partial charge is 0.419 e. The first-order valence-electron chi connectivity index (χ1n) is 37.9. The Morgan fingerprint density at radius 1 is 0.626 bits per heavy atom. The minimum Gasteiger partial charge on any atom is -0.372 e. The summed E-state index contributed by atoms with van der Waals surface area (Å²) in [6.07, 6.45) is 0.650. The highest BCUT2D eigenvalue weighted by molar-refractivity contribution is 6.30. The second-order valence-electron chi connectivity index (χ2n) is 30.6. The molecule has 4 fully saturated rings. The van der Waals surface area contributed by atoms with Crippen molar-refractivity contribution in [3.05, 3.63) is 70.0 Å². The van der Waals surface area contributed by atoms with E-state index in [9.17, 15) is 61.1 Å². The lowest BCUT2D eigenvalue weighted by Crippen LogP contribution is -2.59. The highest BCUT2D eigenvalue weighted by Crippen LogP contribution is 2.34. The fourth-order valence-electron chi connectivity index (χ4n) is 14.5.